The van der Waals surface area contributed by atoms with E-state index in [2.05, 4.69) is 10.1 Å². The standard InChI is InChI=1S/C24H17N3O4S2/c1-2-30-23(29)16-7-5-15(6-8-16)19-11-9-17(31-19)14-20-22(28)27-24(33-20)25-21(26-27)12-10-18-4-3-13-32-18/h3-14H,2H2,1H3/b12-10+,20-14-. The Bertz CT molecular complexity index is 1560. The van der Waals surface area contributed by atoms with E-state index in [1.807, 2.05) is 29.7 Å². The first-order valence-corrected chi connectivity index (χ1v) is 11.8. The van der Waals surface area contributed by atoms with Gasteiger partial charge in [-0.15, -0.1) is 16.4 Å². The lowest BCUT2D eigenvalue weighted by Gasteiger charge is -2.02. The number of benzene rings is 1. The molecule has 0 amide bonds. The van der Waals surface area contributed by atoms with E-state index in [0.29, 0.717) is 39.0 Å². The number of rotatable bonds is 6. The molecule has 0 saturated heterocycles. The topological polar surface area (TPSA) is 86.7 Å². The molecule has 0 bridgehead atoms. The lowest BCUT2D eigenvalue weighted by atomic mass is 10.1. The molecule has 5 rings (SSSR count). The maximum absolute atomic E-state index is 12.7. The third-order valence-corrected chi connectivity index (χ3v) is 6.52. The SMILES string of the molecule is CCOC(=O)c1ccc(-c2ccc(/C=c3\sc4nc(/C=C/c5cccs5)nn4c3=O)o2)cc1. The van der Waals surface area contributed by atoms with Crippen LogP contribution in [-0.2, 0) is 4.74 Å². The number of fused-ring (bicyclic) bond motifs is 1. The quantitative estimate of drug-likeness (QED) is 0.339. The number of ether oxygens (including phenoxy) is 1. The average Bonchev–Trinajstić information content (AvgIpc) is 3.61. The predicted molar refractivity (Wildman–Crippen MR) is 129 cm³/mol. The van der Waals surface area contributed by atoms with Crippen LogP contribution >= 0.6 is 22.7 Å². The second-order valence-corrected chi connectivity index (χ2v) is 8.92. The highest BCUT2D eigenvalue weighted by atomic mass is 32.1. The van der Waals surface area contributed by atoms with Crippen LogP contribution in [0.1, 0.15) is 33.7 Å². The minimum Gasteiger partial charge on any atom is -0.462 e. The van der Waals surface area contributed by atoms with Crippen LogP contribution in [0, 0.1) is 0 Å². The largest absolute Gasteiger partial charge is 0.462 e. The summed E-state index contributed by atoms with van der Waals surface area (Å²) in [4.78, 5) is 30.6. The minimum atomic E-state index is -0.359. The summed E-state index contributed by atoms with van der Waals surface area (Å²) in [5.41, 5.74) is 1.05. The van der Waals surface area contributed by atoms with Gasteiger partial charge in [0.1, 0.15) is 16.1 Å². The Kier molecular flexibility index (Phi) is 5.72. The molecule has 164 valence electrons. The lowest BCUT2D eigenvalue weighted by Crippen LogP contribution is -2.23. The van der Waals surface area contributed by atoms with Crippen molar-refractivity contribution in [2.24, 2.45) is 0 Å². The number of thiazole rings is 1. The maximum atomic E-state index is 12.7. The third kappa shape index (κ3) is 4.41. The lowest BCUT2D eigenvalue weighted by molar-refractivity contribution is 0.0526. The van der Waals surface area contributed by atoms with Gasteiger partial charge in [-0.25, -0.2) is 4.79 Å². The van der Waals surface area contributed by atoms with Crippen LogP contribution in [0.25, 0.3) is 34.5 Å². The van der Waals surface area contributed by atoms with Gasteiger partial charge in [0.2, 0.25) is 4.96 Å². The van der Waals surface area contributed by atoms with Crippen LogP contribution in [0.2, 0.25) is 0 Å². The van der Waals surface area contributed by atoms with Gasteiger partial charge < -0.3 is 9.15 Å². The average molecular weight is 476 g/mol. The van der Waals surface area contributed by atoms with Gasteiger partial charge in [0, 0.05) is 16.5 Å². The van der Waals surface area contributed by atoms with Crippen molar-refractivity contribution in [1.82, 2.24) is 14.6 Å². The van der Waals surface area contributed by atoms with E-state index in [0.717, 1.165) is 10.4 Å². The van der Waals surface area contributed by atoms with Crippen molar-refractivity contribution in [2.45, 2.75) is 6.92 Å². The van der Waals surface area contributed by atoms with Crippen molar-refractivity contribution in [2.75, 3.05) is 6.61 Å². The first-order valence-electron chi connectivity index (χ1n) is 10.1. The molecule has 0 radical (unpaired) electrons. The number of thiophene rings is 1. The molecule has 0 aliphatic carbocycles. The predicted octanol–water partition coefficient (Wildman–Crippen LogP) is 4.37. The third-order valence-electron chi connectivity index (χ3n) is 4.72. The second kappa shape index (κ2) is 8.97. The maximum Gasteiger partial charge on any atom is 0.338 e. The van der Waals surface area contributed by atoms with Crippen LogP contribution in [0.4, 0.5) is 0 Å². The van der Waals surface area contributed by atoms with Crippen molar-refractivity contribution in [3.63, 3.8) is 0 Å². The summed E-state index contributed by atoms with van der Waals surface area (Å²) < 4.78 is 12.7. The van der Waals surface area contributed by atoms with E-state index >= 15 is 0 Å². The van der Waals surface area contributed by atoms with Crippen molar-refractivity contribution in [1.29, 1.82) is 0 Å². The molecule has 0 atom stereocenters. The zero-order chi connectivity index (χ0) is 22.8. The molecule has 5 aromatic rings. The van der Waals surface area contributed by atoms with E-state index in [9.17, 15) is 9.59 Å². The molecular weight excluding hydrogens is 458 g/mol. The summed E-state index contributed by atoms with van der Waals surface area (Å²) in [6, 6.07) is 14.6. The first kappa shape index (κ1) is 21.0. The smallest absolute Gasteiger partial charge is 0.338 e. The number of carbonyl (C=O) groups is 1. The van der Waals surface area contributed by atoms with Gasteiger partial charge >= 0.3 is 5.97 Å². The first-order chi connectivity index (χ1) is 16.1. The van der Waals surface area contributed by atoms with Gasteiger partial charge in [-0.1, -0.05) is 29.5 Å². The Morgan fingerprint density at radius 3 is 2.73 bits per heavy atom. The molecule has 33 heavy (non-hydrogen) atoms. The van der Waals surface area contributed by atoms with Crippen LogP contribution in [-0.4, -0.2) is 27.2 Å². The zero-order valence-corrected chi connectivity index (χ0v) is 19.1. The Morgan fingerprint density at radius 1 is 1.15 bits per heavy atom. The van der Waals surface area contributed by atoms with E-state index in [1.54, 1.807) is 60.7 Å². The van der Waals surface area contributed by atoms with Crippen LogP contribution in [0.3, 0.4) is 0 Å². The zero-order valence-electron chi connectivity index (χ0n) is 17.4. The molecule has 0 aliphatic rings. The Hall–Kier alpha value is -3.82. The molecule has 0 fully saturated rings. The molecule has 0 aliphatic heterocycles. The molecule has 0 N–H and O–H groups in total. The Morgan fingerprint density at radius 2 is 2.00 bits per heavy atom. The number of furan rings is 1. The van der Waals surface area contributed by atoms with Gasteiger partial charge in [0.15, 0.2) is 5.82 Å². The fourth-order valence-electron chi connectivity index (χ4n) is 3.16. The van der Waals surface area contributed by atoms with Crippen LogP contribution < -0.4 is 10.1 Å². The monoisotopic (exact) mass is 475 g/mol. The summed E-state index contributed by atoms with van der Waals surface area (Å²) in [5, 5.41) is 6.29. The van der Waals surface area contributed by atoms with Crippen molar-refractivity contribution in [3.05, 3.63) is 90.8 Å². The van der Waals surface area contributed by atoms with Gasteiger partial charge in [0.25, 0.3) is 5.56 Å². The number of esters is 1. The van der Waals surface area contributed by atoms with Crippen LogP contribution in [0.5, 0.6) is 0 Å². The number of hydrogen-bond acceptors (Lipinski definition) is 8. The molecule has 1 aromatic carbocycles. The minimum absolute atomic E-state index is 0.241. The molecule has 0 spiro atoms. The summed E-state index contributed by atoms with van der Waals surface area (Å²) in [6.45, 7) is 2.10. The highest BCUT2D eigenvalue weighted by molar-refractivity contribution is 7.15. The number of nitrogens with zero attached hydrogens (tertiary/aromatic N) is 3. The molecule has 4 aromatic heterocycles. The highest BCUT2D eigenvalue weighted by Crippen LogP contribution is 2.23. The molecule has 9 heteroatoms. The molecule has 7 nitrogen and oxygen atoms in total. The highest BCUT2D eigenvalue weighted by Gasteiger charge is 2.11. The Balaban J connectivity index is 1.38. The van der Waals surface area contributed by atoms with Crippen molar-refractivity contribution in [3.8, 4) is 11.3 Å². The fraction of sp³-hybridized carbons (Fsp3) is 0.0833. The molecule has 4 heterocycles. The van der Waals surface area contributed by atoms with Crippen molar-refractivity contribution < 1.29 is 13.9 Å². The van der Waals surface area contributed by atoms with Gasteiger partial charge in [0.05, 0.1) is 12.2 Å². The fourth-order valence-corrected chi connectivity index (χ4v) is 4.67. The number of hydrogen-bond donors (Lipinski definition) is 0. The van der Waals surface area contributed by atoms with E-state index in [1.165, 1.54) is 15.9 Å². The van der Waals surface area contributed by atoms with E-state index < -0.39 is 0 Å². The summed E-state index contributed by atoms with van der Waals surface area (Å²) in [5.74, 6) is 1.30. The van der Waals surface area contributed by atoms with E-state index in [-0.39, 0.29) is 11.5 Å². The van der Waals surface area contributed by atoms with Crippen molar-refractivity contribution >= 4 is 51.8 Å². The van der Waals surface area contributed by atoms with Gasteiger partial charge in [-0.2, -0.15) is 9.50 Å². The molecule has 0 saturated carbocycles. The summed E-state index contributed by atoms with van der Waals surface area (Å²) >= 11 is 2.87. The van der Waals surface area contributed by atoms with Crippen LogP contribution in [0.15, 0.2) is 63.1 Å². The normalized spacial score (nSPS) is 12.2. The summed E-state index contributed by atoms with van der Waals surface area (Å²) in [6.07, 6.45) is 5.40. The number of carbonyl (C=O) groups excluding carboxylic acids is 1. The van der Waals surface area contributed by atoms with E-state index in [4.69, 9.17) is 9.15 Å². The number of aromatic nitrogens is 3. The summed E-state index contributed by atoms with van der Waals surface area (Å²) in [7, 11) is 0. The van der Waals surface area contributed by atoms with Gasteiger partial charge in [-0.05, 0) is 54.8 Å². The Labute approximate surface area is 195 Å². The molecule has 0 unspecified atom stereocenters. The molecular formula is C24H17N3O4S2. The van der Waals surface area contributed by atoms with Gasteiger partial charge in [-0.3, -0.25) is 4.79 Å². The second-order valence-electron chi connectivity index (χ2n) is 6.93.